The standard InChI is InChI=1S/C29H35F2NO4P2S/c1-5-8-20(33)24-13-18-23(39-24)14-22(38-4)29(26(18)30)36-11-7-10-35-28-21(37-3)12-17-15-32(25(34)9-6-2)16-19(17)27(28)31/h12-14,37-38H,5-11,15-16H2,1-4H3. The number of fused-ring (bicyclic) bond motifs is 2. The fraction of sp³-hybridized carbons (Fsp3) is 0.448. The Morgan fingerprint density at radius 1 is 0.923 bits per heavy atom. The van der Waals surface area contributed by atoms with E-state index < -0.39 is 5.82 Å². The molecule has 5 nitrogen and oxygen atoms in total. The summed E-state index contributed by atoms with van der Waals surface area (Å²) in [6, 6.07) is 5.51. The molecule has 4 rings (SSSR count). The van der Waals surface area contributed by atoms with Crippen molar-refractivity contribution in [2.45, 2.75) is 59.0 Å². The van der Waals surface area contributed by atoms with Crippen LogP contribution < -0.4 is 20.1 Å². The van der Waals surface area contributed by atoms with Gasteiger partial charge in [-0.3, -0.25) is 9.59 Å². The molecule has 1 aromatic heterocycles. The molecule has 1 aliphatic rings. The van der Waals surface area contributed by atoms with E-state index in [9.17, 15) is 9.59 Å². The average molecular weight is 594 g/mol. The molecule has 210 valence electrons. The van der Waals surface area contributed by atoms with E-state index in [0.29, 0.717) is 58.8 Å². The van der Waals surface area contributed by atoms with Gasteiger partial charge in [-0.05, 0) is 49.9 Å². The molecule has 0 saturated carbocycles. The highest BCUT2D eigenvalue weighted by Crippen LogP contribution is 2.35. The van der Waals surface area contributed by atoms with Gasteiger partial charge in [-0.25, -0.2) is 8.78 Å². The van der Waals surface area contributed by atoms with Crippen molar-refractivity contribution in [3.8, 4) is 11.5 Å². The maximum Gasteiger partial charge on any atom is 0.223 e. The molecule has 39 heavy (non-hydrogen) atoms. The van der Waals surface area contributed by atoms with Gasteiger partial charge in [0.1, 0.15) is 0 Å². The first kappa shape index (κ1) is 29.8. The van der Waals surface area contributed by atoms with Gasteiger partial charge in [0.2, 0.25) is 5.91 Å². The lowest BCUT2D eigenvalue weighted by Crippen LogP contribution is -2.24. The quantitative estimate of drug-likeness (QED) is 0.129. The van der Waals surface area contributed by atoms with E-state index in [4.69, 9.17) is 9.47 Å². The van der Waals surface area contributed by atoms with Crippen LogP contribution in [0.2, 0.25) is 0 Å². The summed E-state index contributed by atoms with van der Waals surface area (Å²) in [5, 5.41) is 1.99. The largest absolute Gasteiger partial charge is 0.490 e. The smallest absolute Gasteiger partial charge is 0.223 e. The highest BCUT2D eigenvalue weighted by molar-refractivity contribution is 7.47. The van der Waals surface area contributed by atoms with Crippen molar-refractivity contribution >= 4 is 60.9 Å². The normalized spacial score (nSPS) is 13.3. The number of Topliss-reactive ketones (excluding diaryl/α,β-unsaturated/α-hetero) is 1. The Morgan fingerprint density at radius 2 is 1.56 bits per heavy atom. The van der Waals surface area contributed by atoms with Gasteiger partial charge in [0.25, 0.3) is 0 Å². The highest BCUT2D eigenvalue weighted by atomic mass is 32.1. The zero-order valence-electron chi connectivity index (χ0n) is 22.8. The Hall–Kier alpha value is -2.14. The molecule has 3 aromatic rings. The number of rotatable bonds is 13. The number of thiophene rings is 1. The number of carbonyl (C=O) groups is 2. The van der Waals surface area contributed by atoms with E-state index in [1.54, 1.807) is 11.0 Å². The van der Waals surface area contributed by atoms with Crippen LogP contribution in [0, 0.1) is 11.6 Å². The van der Waals surface area contributed by atoms with Crippen LogP contribution in [0.1, 0.15) is 66.8 Å². The van der Waals surface area contributed by atoms with Crippen molar-refractivity contribution in [3.05, 3.63) is 45.8 Å². The van der Waals surface area contributed by atoms with Crippen LogP contribution in [0.4, 0.5) is 8.78 Å². The van der Waals surface area contributed by atoms with E-state index in [1.807, 2.05) is 39.3 Å². The zero-order chi connectivity index (χ0) is 28.1. The van der Waals surface area contributed by atoms with Crippen LogP contribution in [0.25, 0.3) is 10.1 Å². The van der Waals surface area contributed by atoms with Crippen LogP contribution in [-0.2, 0) is 17.9 Å². The Labute approximate surface area is 236 Å². The van der Waals surface area contributed by atoms with E-state index in [0.717, 1.165) is 33.7 Å². The maximum absolute atomic E-state index is 15.5. The molecule has 0 N–H and O–H groups in total. The number of ketones is 1. The number of nitrogens with zero attached hydrogens (tertiary/aromatic N) is 1. The molecular formula is C29H35F2NO4P2S. The number of benzene rings is 2. The van der Waals surface area contributed by atoms with Crippen LogP contribution in [0.15, 0.2) is 18.2 Å². The summed E-state index contributed by atoms with van der Waals surface area (Å²) in [6.07, 6.45) is 2.86. The van der Waals surface area contributed by atoms with Gasteiger partial charge < -0.3 is 14.4 Å². The number of ether oxygens (including phenoxy) is 2. The molecule has 1 amide bonds. The van der Waals surface area contributed by atoms with Crippen LogP contribution >= 0.6 is 28.5 Å². The minimum Gasteiger partial charge on any atom is -0.490 e. The summed E-state index contributed by atoms with van der Waals surface area (Å²) < 4.78 is 43.4. The second-order valence-corrected chi connectivity index (χ2v) is 12.7. The molecule has 0 radical (unpaired) electrons. The van der Waals surface area contributed by atoms with Gasteiger partial charge in [-0.1, -0.05) is 31.0 Å². The molecule has 2 aromatic carbocycles. The summed E-state index contributed by atoms with van der Waals surface area (Å²) in [7, 11) is 0.667. The lowest BCUT2D eigenvalue weighted by Gasteiger charge is -2.15. The molecule has 0 aliphatic carbocycles. The second-order valence-electron chi connectivity index (χ2n) is 9.52. The molecule has 2 heterocycles. The second kappa shape index (κ2) is 13.5. The van der Waals surface area contributed by atoms with E-state index >= 15 is 8.78 Å². The van der Waals surface area contributed by atoms with Crippen molar-refractivity contribution < 1.29 is 27.8 Å². The lowest BCUT2D eigenvalue weighted by molar-refractivity contribution is -0.131. The number of carbonyl (C=O) groups excluding carboxylic acids is 2. The van der Waals surface area contributed by atoms with Gasteiger partial charge >= 0.3 is 0 Å². The Bertz CT molecular complexity index is 1380. The van der Waals surface area contributed by atoms with Gasteiger partial charge in [0.05, 0.1) is 18.1 Å². The number of hydrogen-bond acceptors (Lipinski definition) is 5. The highest BCUT2D eigenvalue weighted by Gasteiger charge is 2.29. The Kier molecular flexibility index (Phi) is 10.3. The molecule has 0 fully saturated rings. The van der Waals surface area contributed by atoms with Crippen LogP contribution in [-0.4, -0.2) is 43.1 Å². The lowest BCUT2D eigenvalue weighted by atomic mass is 10.1. The molecule has 0 spiro atoms. The van der Waals surface area contributed by atoms with E-state index in [2.05, 4.69) is 0 Å². The summed E-state index contributed by atoms with van der Waals surface area (Å²) >= 11 is 1.33. The van der Waals surface area contributed by atoms with Gasteiger partial charge in [0, 0.05) is 58.6 Å². The molecule has 1 aliphatic heterocycles. The maximum atomic E-state index is 15.5. The summed E-state index contributed by atoms with van der Waals surface area (Å²) in [5.41, 5.74) is 1.38. The minimum absolute atomic E-state index is 0.0318. The molecular weight excluding hydrogens is 558 g/mol. The van der Waals surface area contributed by atoms with Gasteiger partial charge in [0.15, 0.2) is 28.9 Å². The van der Waals surface area contributed by atoms with Gasteiger partial charge in [-0.15, -0.1) is 11.3 Å². The van der Waals surface area contributed by atoms with E-state index in [-0.39, 0.29) is 48.8 Å². The summed E-state index contributed by atoms with van der Waals surface area (Å²) in [4.78, 5) is 26.9. The SMILES string of the molecule is CCCC(=O)c1cc2c(F)c(OCCCOc3c(PC)cc4c(c3F)CN(C(=O)CCC)C4)c(PC)cc2s1. The average Bonchev–Trinajstić information content (AvgIpc) is 3.56. The third-order valence-corrected chi connectivity index (χ3v) is 9.67. The first-order valence-electron chi connectivity index (χ1n) is 13.3. The van der Waals surface area contributed by atoms with Crippen molar-refractivity contribution in [3.63, 3.8) is 0 Å². The first-order valence-corrected chi connectivity index (χ1v) is 17.2. The van der Waals surface area contributed by atoms with Crippen molar-refractivity contribution in [2.24, 2.45) is 0 Å². The molecule has 0 saturated heterocycles. The fourth-order valence-electron chi connectivity index (χ4n) is 4.71. The van der Waals surface area contributed by atoms with Crippen molar-refractivity contribution in [1.82, 2.24) is 4.90 Å². The first-order chi connectivity index (χ1) is 18.8. The Morgan fingerprint density at radius 3 is 2.21 bits per heavy atom. The fourth-order valence-corrected chi connectivity index (χ4v) is 7.30. The molecule has 2 atom stereocenters. The van der Waals surface area contributed by atoms with Gasteiger partial charge in [-0.2, -0.15) is 0 Å². The number of halogens is 2. The summed E-state index contributed by atoms with van der Waals surface area (Å²) in [6.45, 7) is 8.98. The minimum atomic E-state index is -0.439. The monoisotopic (exact) mass is 593 g/mol. The topological polar surface area (TPSA) is 55.8 Å². The number of hydrogen-bond donors (Lipinski definition) is 0. The molecule has 10 heteroatoms. The predicted molar refractivity (Wildman–Crippen MR) is 160 cm³/mol. The summed E-state index contributed by atoms with van der Waals surface area (Å²) in [5.74, 6) is -0.300. The number of amides is 1. The molecule has 0 bridgehead atoms. The van der Waals surface area contributed by atoms with Crippen molar-refractivity contribution in [1.29, 1.82) is 0 Å². The van der Waals surface area contributed by atoms with Crippen LogP contribution in [0.5, 0.6) is 11.5 Å². The zero-order valence-corrected chi connectivity index (χ0v) is 25.7. The van der Waals surface area contributed by atoms with Crippen LogP contribution in [0.3, 0.4) is 0 Å². The Balaban J connectivity index is 1.41. The molecule has 2 unspecified atom stereocenters. The van der Waals surface area contributed by atoms with E-state index in [1.165, 1.54) is 11.3 Å². The third-order valence-electron chi connectivity index (χ3n) is 6.73. The van der Waals surface area contributed by atoms with Crippen molar-refractivity contribution in [2.75, 3.05) is 26.5 Å². The predicted octanol–water partition coefficient (Wildman–Crippen LogP) is 6.52. The third kappa shape index (κ3) is 6.45.